The zero-order valence-electron chi connectivity index (χ0n) is 12.4. The molecule has 1 amide bonds. The van der Waals surface area contributed by atoms with Gasteiger partial charge in [-0.25, -0.2) is 0 Å². The number of benzene rings is 2. The molecule has 0 spiro atoms. The fourth-order valence-electron chi connectivity index (χ4n) is 2.28. The van der Waals surface area contributed by atoms with Crippen LogP contribution in [0.2, 0.25) is 10.0 Å². The highest BCUT2D eigenvalue weighted by Crippen LogP contribution is 2.37. The maximum atomic E-state index is 12.6. The molecule has 2 aromatic carbocycles. The summed E-state index contributed by atoms with van der Waals surface area (Å²) in [5, 5.41) is 4.67. The highest BCUT2D eigenvalue weighted by molar-refractivity contribution is 7.21. The van der Waals surface area contributed by atoms with Crippen molar-refractivity contribution in [2.45, 2.75) is 6.92 Å². The molecule has 0 bridgehead atoms. The number of methoxy groups -OCH3 is 1. The Hall–Kier alpha value is -1.75. The molecule has 0 fully saturated rings. The van der Waals surface area contributed by atoms with Gasteiger partial charge in [0.1, 0.15) is 10.6 Å². The first kappa shape index (κ1) is 16.1. The first-order valence-electron chi connectivity index (χ1n) is 6.83. The van der Waals surface area contributed by atoms with Crippen LogP contribution in [0.15, 0.2) is 36.4 Å². The zero-order valence-corrected chi connectivity index (χ0v) is 14.8. The van der Waals surface area contributed by atoms with Gasteiger partial charge >= 0.3 is 0 Å². The molecule has 1 heterocycles. The van der Waals surface area contributed by atoms with Gasteiger partial charge in [0.2, 0.25) is 0 Å². The van der Waals surface area contributed by atoms with Crippen molar-refractivity contribution < 1.29 is 9.53 Å². The quantitative estimate of drug-likeness (QED) is 0.638. The number of nitrogens with one attached hydrogen (secondary N) is 1. The Kier molecular flexibility index (Phi) is 4.48. The van der Waals surface area contributed by atoms with Crippen molar-refractivity contribution in [2.75, 3.05) is 12.4 Å². The summed E-state index contributed by atoms with van der Waals surface area (Å²) in [5.41, 5.74) is 1.63. The number of hydrogen-bond donors (Lipinski definition) is 1. The lowest BCUT2D eigenvalue weighted by Gasteiger charge is -2.10. The largest absolute Gasteiger partial charge is 0.495 e. The number of hydrogen-bond acceptors (Lipinski definition) is 3. The molecule has 0 atom stereocenters. The normalized spacial score (nSPS) is 10.8. The lowest BCUT2D eigenvalue weighted by Crippen LogP contribution is -2.11. The van der Waals surface area contributed by atoms with E-state index in [2.05, 4.69) is 5.32 Å². The van der Waals surface area contributed by atoms with Gasteiger partial charge in [-0.1, -0.05) is 35.3 Å². The van der Waals surface area contributed by atoms with E-state index in [4.69, 9.17) is 27.9 Å². The van der Waals surface area contributed by atoms with Gasteiger partial charge in [0.15, 0.2) is 0 Å². The molecule has 0 saturated heterocycles. The molecular weight excluding hydrogens is 353 g/mol. The third-order valence-electron chi connectivity index (χ3n) is 3.40. The Balaban J connectivity index is 1.98. The summed E-state index contributed by atoms with van der Waals surface area (Å²) >= 11 is 13.7. The Morgan fingerprint density at radius 3 is 2.70 bits per heavy atom. The molecule has 0 unspecified atom stereocenters. The number of carbonyl (C=O) groups is 1. The second-order valence-corrected chi connectivity index (χ2v) is 6.91. The highest BCUT2D eigenvalue weighted by atomic mass is 35.5. The van der Waals surface area contributed by atoms with Crippen LogP contribution in [0.3, 0.4) is 0 Å². The van der Waals surface area contributed by atoms with Gasteiger partial charge in [-0.2, -0.15) is 0 Å². The summed E-state index contributed by atoms with van der Waals surface area (Å²) in [6, 6.07) is 11.0. The molecule has 23 heavy (non-hydrogen) atoms. The maximum Gasteiger partial charge on any atom is 0.267 e. The molecular formula is C17H13Cl2NO2S. The molecule has 0 aliphatic rings. The maximum absolute atomic E-state index is 12.6. The van der Waals surface area contributed by atoms with Gasteiger partial charge in [0.05, 0.1) is 17.8 Å². The predicted molar refractivity (Wildman–Crippen MR) is 97.5 cm³/mol. The fourth-order valence-corrected chi connectivity index (χ4v) is 3.96. The van der Waals surface area contributed by atoms with Crippen LogP contribution in [0.1, 0.15) is 15.2 Å². The first-order valence-corrected chi connectivity index (χ1v) is 8.40. The van der Waals surface area contributed by atoms with E-state index in [-0.39, 0.29) is 5.91 Å². The minimum absolute atomic E-state index is 0.283. The smallest absolute Gasteiger partial charge is 0.267 e. The minimum Gasteiger partial charge on any atom is -0.495 e. The minimum atomic E-state index is -0.283. The molecule has 3 rings (SSSR count). The topological polar surface area (TPSA) is 38.3 Å². The Labute approximate surface area is 147 Å². The summed E-state index contributed by atoms with van der Waals surface area (Å²) < 4.78 is 6.22. The third-order valence-corrected chi connectivity index (χ3v) is 5.29. The molecule has 0 radical (unpaired) electrons. The van der Waals surface area contributed by atoms with Crippen LogP contribution < -0.4 is 10.1 Å². The molecule has 0 aliphatic carbocycles. The number of amides is 1. The van der Waals surface area contributed by atoms with Crippen LogP contribution in [-0.2, 0) is 0 Å². The lowest BCUT2D eigenvalue weighted by molar-refractivity contribution is 0.103. The van der Waals surface area contributed by atoms with E-state index in [1.165, 1.54) is 18.4 Å². The molecule has 1 N–H and O–H groups in total. The summed E-state index contributed by atoms with van der Waals surface area (Å²) in [7, 11) is 1.54. The summed E-state index contributed by atoms with van der Waals surface area (Å²) in [6.45, 7) is 2.00. The summed E-state index contributed by atoms with van der Waals surface area (Å²) in [4.78, 5) is 13.1. The van der Waals surface area contributed by atoms with Crippen molar-refractivity contribution in [3.63, 3.8) is 0 Å². The monoisotopic (exact) mass is 365 g/mol. The van der Waals surface area contributed by atoms with E-state index in [0.29, 0.717) is 26.4 Å². The molecule has 3 aromatic rings. The van der Waals surface area contributed by atoms with Crippen LogP contribution >= 0.6 is 34.5 Å². The molecule has 1 aromatic heterocycles. The van der Waals surface area contributed by atoms with Gasteiger partial charge in [-0.3, -0.25) is 4.79 Å². The lowest BCUT2D eigenvalue weighted by atomic mass is 10.2. The van der Waals surface area contributed by atoms with E-state index in [1.54, 1.807) is 18.2 Å². The first-order chi connectivity index (χ1) is 11.0. The Morgan fingerprint density at radius 1 is 1.17 bits per heavy atom. The van der Waals surface area contributed by atoms with Crippen molar-refractivity contribution in [1.82, 2.24) is 0 Å². The second kappa shape index (κ2) is 6.40. The van der Waals surface area contributed by atoms with Crippen molar-refractivity contribution >= 4 is 56.2 Å². The van der Waals surface area contributed by atoms with Gasteiger partial charge < -0.3 is 10.1 Å². The number of aryl methyl sites for hydroxylation is 1. The highest BCUT2D eigenvalue weighted by Gasteiger charge is 2.18. The Morgan fingerprint density at radius 2 is 1.96 bits per heavy atom. The second-order valence-electron chi connectivity index (χ2n) is 5.04. The van der Waals surface area contributed by atoms with Crippen LogP contribution in [0, 0.1) is 6.92 Å². The van der Waals surface area contributed by atoms with Crippen molar-refractivity contribution in [2.24, 2.45) is 0 Å². The van der Waals surface area contributed by atoms with Crippen molar-refractivity contribution in [1.29, 1.82) is 0 Å². The van der Waals surface area contributed by atoms with Crippen LogP contribution in [0.5, 0.6) is 5.75 Å². The average Bonchev–Trinajstić information content (AvgIpc) is 2.84. The van der Waals surface area contributed by atoms with Crippen molar-refractivity contribution in [3.8, 4) is 5.75 Å². The van der Waals surface area contributed by atoms with E-state index < -0.39 is 0 Å². The number of ether oxygens (including phenoxy) is 1. The standard InChI is InChI=1S/C17H13Cl2NO2S/c1-9-3-5-11-14(7-9)23-16(15(11)19)17(21)20-12-8-10(18)4-6-13(12)22-2/h3-8H,1-2H3,(H,20,21). The molecule has 0 saturated carbocycles. The van der Waals surface area contributed by atoms with E-state index in [0.717, 1.165) is 15.6 Å². The van der Waals surface area contributed by atoms with Crippen molar-refractivity contribution in [3.05, 3.63) is 56.9 Å². The molecule has 6 heteroatoms. The fraction of sp³-hybridized carbons (Fsp3) is 0.118. The third kappa shape index (κ3) is 3.15. The van der Waals surface area contributed by atoms with Gasteiger partial charge in [-0.05, 0) is 36.8 Å². The number of halogens is 2. The number of anilines is 1. The molecule has 118 valence electrons. The Bertz CT molecular complexity index is 905. The van der Waals surface area contributed by atoms with E-state index >= 15 is 0 Å². The predicted octanol–water partition coefficient (Wildman–Crippen LogP) is 5.78. The summed E-state index contributed by atoms with van der Waals surface area (Å²) in [6.07, 6.45) is 0. The van der Waals surface area contributed by atoms with Gasteiger partial charge in [0, 0.05) is 15.1 Å². The molecule has 3 nitrogen and oxygen atoms in total. The van der Waals surface area contributed by atoms with Crippen LogP contribution in [0.25, 0.3) is 10.1 Å². The van der Waals surface area contributed by atoms with Gasteiger partial charge in [-0.15, -0.1) is 11.3 Å². The number of carbonyl (C=O) groups excluding carboxylic acids is 1. The van der Waals surface area contributed by atoms with Crippen LogP contribution in [0.4, 0.5) is 5.69 Å². The summed E-state index contributed by atoms with van der Waals surface area (Å²) in [5.74, 6) is 0.255. The SMILES string of the molecule is COc1ccc(Cl)cc1NC(=O)c1sc2cc(C)ccc2c1Cl. The van der Waals surface area contributed by atoms with Gasteiger partial charge in [0.25, 0.3) is 5.91 Å². The van der Waals surface area contributed by atoms with E-state index in [9.17, 15) is 4.79 Å². The van der Waals surface area contributed by atoms with E-state index in [1.807, 2.05) is 25.1 Å². The number of fused-ring (bicyclic) bond motifs is 1. The number of thiophene rings is 1. The van der Waals surface area contributed by atoms with Crippen LogP contribution in [-0.4, -0.2) is 13.0 Å². The average molecular weight is 366 g/mol. The molecule has 0 aliphatic heterocycles. The number of rotatable bonds is 3. The zero-order chi connectivity index (χ0) is 16.6.